The van der Waals surface area contributed by atoms with Gasteiger partial charge in [0.25, 0.3) is 0 Å². The average Bonchev–Trinajstić information content (AvgIpc) is 3.33. The zero-order chi connectivity index (χ0) is 27.0. The number of hydrogen-bond acceptors (Lipinski definition) is 6. The highest BCUT2D eigenvalue weighted by Crippen LogP contribution is 2.37. The van der Waals surface area contributed by atoms with Gasteiger partial charge in [0.05, 0.1) is 24.0 Å². The summed E-state index contributed by atoms with van der Waals surface area (Å²) in [5.41, 5.74) is 1.87. The first kappa shape index (κ1) is 27.5. The standard InChI is InChI=1S/C27H37BFN3O4Si/c1-26(2)27(3,4)36-28(35-26)22-13-14-23(30-25(22)29)21-17-32(18-34-15-16-37(6,7)8)31-24(21)19-9-11-20(33-5)12-10-19/h9-14,17H,15-16,18H2,1-8H3. The van der Waals surface area contributed by atoms with Crippen molar-refractivity contribution >= 4 is 20.7 Å². The summed E-state index contributed by atoms with van der Waals surface area (Å²) in [5.74, 6) is 0.117. The predicted molar refractivity (Wildman–Crippen MR) is 147 cm³/mol. The number of rotatable bonds is 9. The number of ether oxygens (including phenoxy) is 2. The van der Waals surface area contributed by atoms with Crippen LogP contribution in [0, 0.1) is 5.95 Å². The third kappa shape index (κ3) is 6.14. The lowest BCUT2D eigenvalue weighted by Crippen LogP contribution is -2.41. The molecule has 0 aliphatic carbocycles. The van der Waals surface area contributed by atoms with E-state index in [4.69, 9.17) is 23.9 Å². The molecular weight excluding hydrogens is 488 g/mol. The number of nitrogens with zero attached hydrogens (tertiary/aromatic N) is 3. The molecule has 0 unspecified atom stereocenters. The Morgan fingerprint density at radius 2 is 1.65 bits per heavy atom. The molecule has 0 bridgehead atoms. The molecule has 3 heterocycles. The Bertz CT molecular complexity index is 1230. The number of pyridine rings is 1. The number of benzene rings is 1. The molecular formula is C27H37BFN3O4Si. The van der Waals surface area contributed by atoms with E-state index in [0.717, 1.165) is 17.4 Å². The lowest BCUT2D eigenvalue weighted by Gasteiger charge is -2.32. The minimum atomic E-state index is -1.20. The topological polar surface area (TPSA) is 67.6 Å². The molecule has 2 aromatic heterocycles. The van der Waals surface area contributed by atoms with Crippen LogP contribution in [0.3, 0.4) is 0 Å². The molecule has 0 saturated carbocycles. The van der Waals surface area contributed by atoms with Gasteiger partial charge in [-0.2, -0.15) is 9.49 Å². The molecule has 0 amide bonds. The van der Waals surface area contributed by atoms with Gasteiger partial charge in [0, 0.05) is 37.5 Å². The summed E-state index contributed by atoms with van der Waals surface area (Å²) in [7, 11) is -0.393. The Morgan fingerprint density at radius 3 is 2.22 bits per heavy atom. The van der Waals surface area contributed by atoms with Crippen molar-refractivity contribution in [2.45, 2.75) is 71.3 Å². The van der Waals surface area contributed by atoms with E-state index in [0.29, 0.717) is 30.3 Å². The molecule has 1 aliphatic rings. The molecule has 1 saturated heterocycles. The Morgan fingerprint density at radius 1 is 1.00 bits per heavy atom. The van der Waals surface area contributed by atoms with E-state index in [1.54, 1.807) is 23.9 Å². The molecule has 37 heavy (non-hydrogen) atoms. The first-order valence-electron chi connectivity index (χ1n) is 12.6. The van der Waals surface area contributed by atoms with E-state index in [2.05, 4.69) is 24.6 Å². The van der Waals surface area contributed by atoms with Crippen molar-refractivity contribution in [3.63, 3.8) is 0 Å². The zero-order valence-corrected chi connectivity index (χ0v) is 24.1. The second-order valence-electron chi connectivity index (χ2n) is 11.7. The minimum absolute atomic E-state index is 0.274. The maximum absolute atomic E-state index is 15.4. The first-order chi connectivity index (χ1) is 17.3. The van der Waals surface area contributed by atoms with Crippen LogP contribution in [0.15, 0.2) is 42.6 Å². The summed E-state index contributed by atoms with van der Waals surface area (Å²) in [6.45, 7) is 15.7. The second-order valence-corrected chi connectivity index (χ2v) is 17.3. The molecule has 10 heteroatoms. The predicted octanol–water partition coefficient (Wildman–Crippen LogP) is 5.37. The van der Waals surface area contributed by atoms with E-state index in [1.165, 1.54) is 0 Å². The highest BCUT2D eigenvalue weighted by atomic mass is 28.3. The summed E-state index contributed by atoms with van der Waals surface area (Å²) < 4.78 is 40.4. The van der Waals surface area contributed by atoms with Gasteiger partial charge in [0.15, 0.2) is 0 Å². The van der Waals surface area contributed by atoms with Gasteiger partial charge in [0.2, 0.25) is 5.95 Å². The largest absolute Gasteiger partial charge is 0.499 e. The molecule has 1 aliphatic heterocycles. The van der Waals surface area contributed by atoms with Crippen LogP contribution in [0.25, 0.3) is 22.5 Å². The molecule has 7 nitrogen and oxygen atoms in total. The van der Waals surface area contributed by atoms with Crippen molar-refractivity contribution in [3.8, 4) is 28.3 Å². The molecule has 1 fully saturated rings. The van der Waals surface area contributed by atoms with E-state index >= 15 is 4.39 Å². The minimum Gasteiger partial charge on any atom is -0.497 e. The van der Waals surface area contributed by atoms with Crippen LogP contribution in [-0.4, -0.2) is 54.9 Å². The normalized spacial score (nSPS) is 16.8. The molecule has 1 aromatic carbocycles. The Labute approximate surface area is 220 Å². The number of aromatic nitrogens is 3. The lowest BCUT2D eigenvalue weighted by molar-refractivity contribution is 0.00578. The van der Waals surface area contributed by atoms with Gasteiger partial charge < -0.3 is 18.8 Å². The summed E-state index contributed by atoms with van der Waals surface area (Å²) >= 11 is 0. The third-order valence-electron chi connectivity index (χ3n) is 7.01. The summed E-state index contributed by atoms with van der Waals surface area (Å²) in [6, 6.07) is 12.1. The fraction of sp³-hybridized carbons (Fsp3) is 0.481. The Hall–Kier alpha value is -2.53. The van der Waals surface area contributed by atoms with E-state index in [1.807, 2.05) is 58.2 Å². The van der Waals surface area contributed by atoms with Gasteiger partial charge in [0.1, 0.15) is 18.2 Å². The SMILES string of the molecule is COc1ccc(-c2nn(COCC[Si](C)(C)C)cc2-c2ccc(B3OC(C)(C)C(C)(C)O3)c(F)n2)cc1. The molecule has 0 spiro atoms. The highest BCUT2D eigenvalue weighted by Gasteiger charge is 2.52. The monoisotopic (exact) mass is 525 g/mol. The molecule has 0 N–H and O–H groups in total. The van der Waals surface area contributed by atoms with Crippen LogP contribution in [0.1, 0.15) is 27.7 Å². The fourth-order valence-electron chi connectivity index (χ4n) is 3.91. The Balaban J connectivity index is 1.64. The van der Waals surface area contributed by atoms with Gasteiger partial charge in [-0.05, 0) is 64.1 Å². The van der Waals surface area contributed by atoms with Crippen molar-refractivity contribution in [2.75, 3.05) is 13.7 Å². The van der Waals surface area contributed by atoms with E-state index in [-0.39, 0.29) is 5.46 Å². The fourth-order valence-corrected chi connectivity index (χ4v) is 4.67. The first-order valence-corrected chi connectivity index (χ1v) is 16.3. The zero-order valence-electron chi connectivity index (χ0n) is 23.1. The second kappa shape index (κ2) is 10.3. The van der Waals surface area contributed by atoms with Crippen molar-refractivity contribution < 1.29 is 23.2 Å². The van der Waals surface area contributed by atoms with Crippen molar-refractivity contribution in [1.82, 2.24) is 14.8 Å². The highest BCUT2D eigenvalue weighted by molar-refractivity contribution is 6.76. The molecule has 0 radical (unpaired) electrons. The van der Waals surface area contributed by atoms with Crippen LogP contribution in [0.4, 0.5) is 4.39 Å². The molecule has 4 rings (SSSR count). The summed E-state index contributed by atoms with van der Waals surface area (Å²) in [5, 5.41) is 4.76. The smallest absolute Gasteiger partial charge is 0.497 e. The van der Waals surface area contributed by atoms with E-state index < -0.39 is 32.3 Å². The van der Waals surface area contributed by atoms with Crippen LogP contribution in [0.5, 0.6) is 5.75 Å². The maximum atomic E-state index is 15.4. The Kier molecular flexibility index (Phi) is 7.67. The third-order valence-corrected chi connectivity index (χ3v) is 8.71. The molecule has 0 atom stereocenters. The van der Waals surface area contributed by atoms with Crippen LogP contribution in [-0.2, 0) is 20.8 Å². The number of halogens is 1. The van der Waals surface area contributed by atoms with Gasteiger partial charge in [-0.25, -0.2) is 9.67 Å². The lowest BCUT2D eigenvalue weighted by atomic mass is 9.79. The maximum Gasteiger partial charge on any atom is 0.499 e. The van der Waals surface area contributed by atoms with Crippen LogP contribution < -0.4 is 10.2 Å². The van der Waals surface area contributed by atoms with Gasteiger partial charge in [-0.1, -0.05) is 25.7 Å². The number of hydrogen-bond donors (Lipinski definition) is 0. The molecule has 198 valence electrons. The average molecular weight is 526 g/mol. The van der Waals surface area contributed by atoms with Crippen molar-refractivity contribution in [3.05, 3.63) is 48.5 Å². The summed E-state index contributed by atoms with van der Waals surface area (Å²) in [4.78, 5) is 4.31. The summed E-state index contributed by atoms with van der Waals surface area (Å²) in [6.07, 6.45) is 1.85. The number of methoxy groups -OCH3 is 1. The van der Waals surface area contributed by atoms with E-state index in [9.17, 15) is 0 Å². The van der Waals surface area contributed by atoms with Crippen LogP contribution in [0.2, 0.25) is 25.7 Å². The van der Waals surface area contributed by atoms with Crippen molar-refractivity contribution in [2.24, 2.45) is 0 Å². The molecule has 3 aromatic rings. The van der Waals surface area contributed by atoms with Gasteiger partial charge >= 0.3 is 7.12 Å². The van der Waals surface area contributed by atoms with Crippen molar-refractivity contribution in [1.29, 1.82) is 0 Å². The van der Waals surface area contributed by atoms with Crippen LogP contribution >= 0.6 is 0 Å². The van der Waals surface area contributed by atoms with Gasteiger partial charge in [-0.15, -0.1) is 0 Å². The quantitative estimate of drug-likeness (QED) is 0.213. The van der Waals surface area contributed by atoms with Gasteiger partial charge in [-0.3, -0.25) is 0 Å².